The van der Waals surface area contributed by atoms with Crippen LogP contribution >= 0.6 is 0 Å². The van der Waals surface area contributed by atoms with Crippen molar-refractivity contribution in [3.8, 4) is 0 Å². The minimum absolute atomic E-state index is 0.168. The normalized spacial score (nSPS) is 17.7. The summed E-state index contributed by atoms with van der Waals surface area (Å²) in [6.07, 6.45) is 4.61. The van der Waals surface area contributed by atoms with Gasteiger partial charge in [-0.3, -0.25) is 9.59 Å². The third kappa shape index (κ3) is 5.90. The van der Waals surface area contributed by atoms with Gasteiger partial charge >= 0.3 is 5.97 Å². The summed E-state index contributed by atoms with van der Waals surface area (Å²) in [5, 5.41) is 0. The Bertz CT molecular complexity index is 829. The van der Waals surface area contributed by atoms with Gasteiger partial charge in [0, 0.05) is 32.3 Å². The Labute approximate surface area is 173 Å². The first-order valence-electron chi connectivity index (χ1n) is 10.1. The number of carbonyl (C=O) groups excluding carboxylic acids is 2. The molecule has 0 N–H and O–H groups in total. The van der Waals surface area contributed by atoms with Gasteiger partial charge in [0.25, 0.3) is 0 Å². The third-order valence-corrected chi connectivity index (χ3v) is 7.06. The Morgan fingerprint density at radius 1 is 1.17 bits per heavy atom. The number of hydrogen-bond donors (Lipinski definition) is 0. The Kier molecular flexibility index (Phi) is 8.40. The van der Waals surface area contributed by atoms with Gasteiger partial charge < -0.3 is 9.64 Å². The Morgan fingerprint density at radius 3 is 2.41 bits per heavy atom. The molecule has 2 rings (SSSR count). The Hall–Kier alpha value is -2.19. The molecule has 1 saturated heterocycles. The fourth-order valence-corrected chi connectivity index (χ4v) is 4.82. The van der Waals surface area contributed by atoms with Gasteiger partial charge in [0.1, 0.15) is 0 Å². The molecule has 160 valence electrons. The molecule has 8 heteroatoms. The molecule has 1 heterocycles. The number of nitrogens with zero attached hydrogens (tertiary/aromatic N) is 2. The predicted molar refractivity (Wildman–Crippen MR) is 112 cm³/mol. The molecule has 0 bridgehead atoms. The van der Waals surface area contributed by atoms with Crippen LogP contribution in [0.1, 0.15) is 39.2 Å². The predicted octanol–water partition coefficient (Wildman–Crippen LogP) is 2.53. The maximum absolute atomic E-state index is 12.5. The number of esters is 1. The molecule has 1 aromatic rings. The lowest BCUT2D eigenvalue weighted by molar-refractivity contribution is -0.150. The lowest BCUT2D eigenvalue weighted by Gasteiger charge is -2.30. The fourth-order valence-electron chi connectivity index (χ4n) is 3.37. The van der Waals surface area contributed by atoms with Crippen molar-refractivity contribution in [2.75, 3.05) is 32.8 Å². The molecule has 1 fully saturated rings. The number of piperidine rings is 1. The largest absolute Gasteiger partial charge is 0.466 e. The monoisotopic (exact) mass is 422 g/mol. The van der Waals surface area contributed by atoms with Crippen LogP contribution in [0.2, 0.25) is 0 Å². The van der Waals surface area contributed by atoms with Gasteiger partial charge in [0.2, 0.25) is 15.9 Å². The molecule has 1 atom stereocenters. The van der Waals surface area contributed by atoms with Gasteiger partial charge in [-0.25, -0.2) is 8.42 Å². The zero-order valence-corrected chi connectivity index (χ0v) is 18.2. The molecule has 0 aliphatic carbocycles. The van der Waals surface area contributed by atoms with Gasteiger partial charge in [-0.2, -0.15) is 4.31 Å². The van der Waals surface area contributed by atoms with Crippen LogP contribution in [0.5, 0.6) is 0 Å². The van der Waals surface area contributed by atoms with Gasteiger partial charge in [-0.15, -0.1) is 0 Å². The molecule has 0 aromatic heterocycles. The first kappa shape index (κ1) is 23.1. The highest BCUT2D eigenvalue weighted by Crippen LogP contribution is 2.19. The molecule has 1 aliphatic heterocycles. The summed E-state index contributed by atoms with van der Waals surface area (Å²) in [5.74, 6) is -0.691. The molecular formula is C21H30N2O5S. The van der Waals surface area contributed by atoms with Crippen molar-refractivity contribution in [2.24, 2.45) is 5.92 Å². The number of sulfonamides is 1. The molecule has 0 saturated carbocycles. The highest BCUT2D eigenvalue weighted by atomic mass is 32.2. The summed E-state index contributed by atoms with van der Waals surface area (Å²) in [5.41, 5.74) is 0.732. The van der Waals surface area contributed by atoms with Crippen LogP contribution in [-0.4, -0.2) is 62.3 Å². The second-order valence-electron chi connectivity index (χ2n) is 6.87. The summed E-state index contributed by atoms with van der Waals surface area (Å²) in [6, 6.07) is 6.46. The van der Waals surface area contributed by atoms with Crippen LogP contribution in [0.25, 0.3) is 6.08 Å². The summed E-state index contributed by atoms with van der Waals surface area (Å²) in [6.45, 7) is 7.51. The van der Waals surface area contributed by atoms with Crippen LogP contribution in [0.4, 0.5) is 0 Å². The maximum atomic E-state index is 12.5. The molecule has 7 nitrogen and oxygen atoms in total. The minimum Gasteiger partial charge on any atom is -0.466 e. The molecule has 29 heavy (non-hydrogen) atoms. The van der Waals surface area contributed by atoms with Gasteiger partial charge in [-0.05, 0) is 43.5 Å². The van der Waals surface area contributed by atoms with E-state index in [0.717, 1.165) is 18.4 Å². The lowest BCUT2D eigenvalue weighted by Crippen LogP contribution is -2.42. The van der Waals surface area contributed by atoms with Crippen LogP contribution in [0.15, 0.2) is 35.2 Å². The van der Waals surface area contributed by atoms with Crippen LogP contribution < -0.4 is 0 Å². The molecule has 0 radical (unpaired) electrons. The van der Waals surface area contributed by atoms with Gasteiger partial charge in [0.15, 0.2) is 0 Å². The second kappa shape index (κ2) is 10.5. The van der Waals surface area contributed by atoms with Crippen molar-refractivity contribution in [1.29, 1.82) is 0 Å². The topological polar surface area (TPSA) is 84.0 Å². The SMILES string of the molecule is CCOC(=O)C1CCCN(C(=O)/C=C/c2ccc(S(=O)(=O)N(CC)CC)cc2)C1. The van der Waals surface area contributed by atoms with E-state index < -0.39 is 10.0 Å². The molecule has 1 aliphatic rings. The van der Waals surface area contributed by atoms with Crippen molar-refractivity contribution in [1.82, 2.24) is 9.21 Å². The summed E-state index contributed by atoms with van der Waals surface area (Å²) < 4.78 is 31.5. The summed E-state index contributed by atoms with van der Waals surface area (Å²) in [4.78, 5) is 26.3. The Morgan fingerprint density at radius 2 is 1.83 bits per heavy atom. The second-order valence-corrected chi connectivity index (χ2v) is 8.81. The highest BCUT2D eigenvalue weighted by Gasteiger charge is 2.28. The number of hydrogen-bond acceptors (Lipinski definition) is 5. The maximum Gasteiger partial charge on any atom is 0.310 e. The van der Waals surface area contributed by atoms with Crippen molar-refractivity contribution in [3.05, 3.63) is 35.9 Å². The Balaban J connectivity index is 2.02. The van der Waals surface area contributed by atoms with E-state index in [1.807, 2.05) is 0 Å². The van der Waals surface area contributed by atoms with Crippen LogP contribution in [-0.2, 0) is 24.3 Å². The summed E-state index contributed by atoms with van der Waals surface area (Å²) >= 11 is 0. The first-order valence-corrected chi connectivity index (χ1v) is 11.5. The van der Waals surface area contributed by atoms with E-state index in [9.17, 15) is 18.0 Å². The average Bonchev–Trinajstić information content (AvgIpc) is 2.73. The van der Waals surface area contributed by atoms with Crippen molar-refractivity contribution in [3.63, 3.8) is 0 Å². The standard InChI is InChI=1S/C21H30N2O5S/c1-4-23(5-2)29(26,27)19-12-9-17(10-13-19)11-14-20(24)22-15-7-8-18(16-22)21(25)28-6-3/h9-14,18H,4-8,15-16H2,1-3H3/b14-11+. The van der Waals surface area contributed by atoms with E-state index in [2.05, 4.69) is 0 Å². The third-order valence-electron chi connectivity index (χ3n) is 4.99. The van der Waals surface area contributed by atoms with Gasteiger partial charge in [0.05, 0.1) is 17.4 Å². The van der Waals surface area contributed by atoms with E-state index in [1.54, 1.807) is 56.0 Å². The van der Waals surface area contributed by atoms with Gasteiger partial charge in [-0.1, -0.05) is 26.0 Å². The summed E-state index contributed by atoms with van der Waals surface area (Å²) in [7, 11) is -3.50. The minimum atomic E-state index is -3.50. The number of likely N-dealkylation sites (tertiary alicyclic amines) is 1. The number of amides is 1. The first-order chi connectivity index (χ1) is 13.8. The molecule has 1 unspecified atom stereocenters. The molecular weight excluding hydrogens is 392 g/mol. The average molecular weight is 423 g/mol. The number of ether oxygens (including phenoxy) is 1. The zero-order chi connectivity index (χ0) is 21.4. The van der Waals surface area contributed by atoms with Crippen molar-refractivity contribution in [2.45, 2.75) is 38.5 Å². The van der Waals surface area contributed by atoms with Crippen LogP contribution in [0.3, 0.4) is 0 Å². The molecule has 1 aromatic carbocycles. The quantitative estimate of drug-likeness (QED) is 0.475. The highest BCUT2D eigenvalue weighted by molar-refractivity contribution is 7.89. The van der Waals surface area contributed by atoms with Crippen molar-refractivity contribution < 1.29 is 22.7 Å². The van der Waals surface area contributed by atoms with E-state index in [1.165, 1.54) is 10.4 Å². The van der Waals surface area contributed by atoms with E-state index >= 15 is 0 Å². The number of carbonyl (C=O) groups is 2. The van der Waals surface area contributed by atoms with E-state index in [0.29, 0.717) is 32.8 Å². The zero-order valence-electron chi connectivity index (χ0n) is 17.3. The van der Waals surface area contributed by atoms with E-state index in [-0.39, 0.29) is 22.7 Å². The number of benzene rings is 1. The molecule has 0 spiro atoms. The fraction of sp³-hybridized carbons (Fsp3) is 0.524. The molecule has 1 amide bonds. The van der Waals surface area contributed by atoms with Crippen molar-refractivity contribution >= 4 is 28.0 Å². The van der Waals surface area contributed by atoms with E-state index in [4.69, 9.17) is 4.74 Å². The van der Waals surface area contributed by atoms with Crippen LogP contribution in [0, 0.1) is 5.92 Å². The smallest absolute Gasteiger partial charge is 0.310 e. The number of rotatable bonds is 8. The lowest BCUT2D eigenvalue weighted by atomic mass is 9.98.